The van der Waals surface area contributed by atoms with Gasteiger partial charge in [-0.15, -0.1) is 11.3 Å². The van der Waals surface area contributed by atoms with Crippen LogP contribution >= 0.6 is 11.3 Å². The van der Waals surface area contributed by atoms with E-state index in [-0.39, 0.29) is 0 Å². The van der Waals surface area contributed by atoms with E-state index < -0.39 is 0 Å². The number of anilines is 1. The van der Waals surface area contributed by atoms with Crippen LogP contribution in [0.5, 0.6) is 0 Å². The van der Waals surface area contributed by atoms with Crippen LogP contribution in [0.15, 0.2) is 11.4 Å². The monoisotopic (exact) mass is 276 g/mol. The van der Waals surface area contributed by atoms with E-state index in [1.165, 1.54) is 12.8 Å². The van der Waals surface area contributed by atoms with Crippen molar-refractivity contribution in [1.82, 2.24) is 15.0 Å². The molecule has 2 aromatic heterocycles. The summed E-state index contributed by atoms with van der Waals surface area (Å²) in [5.41, 5.74) is 1.85. The highest BCUT2D eigenvalue weighted by molar-refractivity contribution is 7.09. The minimum atomic E-state index is 0.725. The normalized spacial score (nSPS) is 10.7. The standard InChI is InChI=1S/C14H20N4S/c1-5-6-7-18(4)13-8-10(2)15-14(17-13)12-9-19-11(3)16-12/h8-9H,5-7H2,1-4H3. The van der Waals surface area contributed by atoms with Crippen molar-refractivity contribution in [3.63, 3.8) is 0 Å². The number of hydrogen-bond donors (Lipinski definition) is 0. The van der Waals surface area contributed by atoms with Crippen LogP contribution in [0.25, 0.3) is 11.5 Å². The van der Waals surface area contributed by atoms with Gasteiger partial charge in [-0.1, -0.05) is 13.3 Å². The van der Waals surface area contributed by atoms with Gasteiger partial charge < -0.3 is 4.90 Å². The summed E-state index contributed by atoms with van der Waals surface area (Å²) < 4.78 is 0. The molecule has 19 heavy (non-hydrogen) atoms. The molecule has 2 rings (SSSR count). The molecule has 0 saturated carbocycles. The second-order valence-electron chi connectivity index (χ2n) is 4.72. The molecule has 0 fully saturated rings. The molecule has 0 spiro atoms. The second-order valence-corrected chi connectivity index (χ2v) is 5.78. The number of thiazole rings is 1. The van der Waals surface area contributed by atoms with Crippen molar-refractivity contribution in [1.29, 1.82) is 0 Å². The highest BCUT2D eigenvalue weighted by atomic mass is 32.1. The fraction of sp³-hybridized carbons (Fsp3) is 0.500. The van der Waals surface area contributed by atoms with Gasteiger partial charge in [-0.3, -0.25) is 0 Å². The summed E-state index contributed by atoms with van der Waals surface area (Å²) in [5, 5.41) is 3.06. The molecule has 0 atom stereocenters. The Kier molecular flexibility index (Phi) is 4.47. The SMILES string of the molecule is CCCCN(C)c1cc(C)nc(-c2csc(C)n2)n1. The van der Waals surface area contributed by atoms with Gasteiger partial charge in [-0.05, 0) is 20.3 Å². The largest absolute Gasteiger partial charge is 0.360 e. The molecule has 4 nitrogen and oxygen atoms in total. The fourth-order valence-electron chi connectivity index (χ4n) is 1.84. The van der Waals surface area contributed by atoms with Crippen LogP contribution in [-0.4, -0.2) is 28.5 Å². The molecule has 0 aliphatic rings. The Balaban J connectivity index is 2.29. The molecular weight excluding hydrogens is 256 g/mol. The third-order valence-corrected chi connectivity index (χ3v) is 3.70. The average molecular weight is 276 g/mol. The molecule has 0 aromatic carbocycles. The molecule has 0 aliphatic carbocycles. The van der Waals surface area contributed by atoms with Gasteiger partial charge >= 0.3 is 0 Å². The van der Waals surface area contributed by atoms with Crippen LogP contribution in [0.1, 0.15) is 30.5 Å². The van der Waals surface area contributed by atoms with Crippen molar-refractivity contribution in [3.8, 4) is 11.5 Å². The number of hydrogen-bond acceptors (Lipinski definition) is 5. The second kappa shape index (κ2) is 6.10. The number of nitrogens with zero attached hydrogens (tertiary/aromatic N) is 4. The summed E-state index contributed by atoms with van der Waals surface area (Å²) >= 11 is 1.63. The lowest BCUT2D eigenvalue weighted by Crippen LogP contribution is -2.20. The molecule has 0 bridgehead atoms. The lowest BCUT2D eigenvalue weighted by Gasteiger charge is -2.18. The summed E-state index contributed by atoms with van der Waals surface area (Å²) in [6, 6.07) is 2.03. The maximum absolute atomic E-state index is 4.63. The summed E-state index contributed by atoms with van der Waals surface area (Å²) in [4.78, 5) is 15.8. The molecule has 5 heteroatoms. The zero-order valence-corrected chi connectivity index (χ0v) is 12.8. The molecule has 0 aliphatic heterocycles. The Morgan fingerprint density at radius 1 is 1.21 bits per heavy atom. The first kappa shape index (κ1) is 13.9. The first-order valence-corrected chi connectivity index (χ1v) is 7.47. The molecule has 0 saturated heterocycles. The molecule has 102 valence electrons. The smallest absolute Gasteiger partial charge is 0.181 e. The van der Waals surface area contributed by atoms with E-state index in [4.69, 9.17) is 0 Å². The molecule has 0 N–H and O–H groups in total. The van der Waals surface area contributed by atoms with Gasteiger partial charge in [0, 0.05) is 30.7 Å². The molecular formula is C14H20N4S. The predicted octanol–water partition coefficient (Wildman–Crippen LogP) is 3.45. The van der Waals surface area contributed by atoms with Crippen molar-refractivity contribution in [3.05, 3.63) is 22.1 Å². The Labute approximate surface area is 118 Å². The van der Waals surface area contributed by atoms with E-state index in [0.29, 0.717) is 0 Å². The van der Waals surface area contributed by atoms with Crippen LogP contribution in [-0.2, 0) is 0 Å². The minimum Gasteiger partial charge on any atom is -0.360 e. The van der Waals surface area contributed by atoms with E-state index in [0.717, 1.165) is 34.6 Å². The topological polar surface area (TPSA) is 41.9 Å². The van der Waals surface area contributed by atoms with Gasteiger partial charge in [0.2, 0.25) is 0 Å². The third-order valence-electron chi connectivity index (χ3n) is 2.93. The zero-order valence-electron chi connectivity index (χ0n) is 12.0. The van der Waals surface area contributed by atoms with E-state index >= 15 is 0 Å². The maximum Gasteiger partial charge on any atom is 0.181 e. The lowest BCUT2D eigenvalue weighted by atomic mass is 10.3. The highest BCUT2D eigenvalue weighted by Gasteiger charge is 2.10. The first-order chi connectivity index (χ1) is 9.10. The van der Waals surface area contributed by atoms with Gasteiger partial charge in [0.05, 0.1) is 5.01 Å². The summed E-state index contributed by atoms with van der Waals surface area (Å²) in [5.74, 6) is 1.70. The molecule has 2 aromatic rings. The minimum absolute atomic E-state index is 0.725. The van der Waals surface area contributed by atoms with Crippen LogP contribution in [0.2, 0.25) is 0 Å². The van der Waals surface area contributed by atoms with Gasteiger partial charge in [-0.2, -0.15) is 0 Å². The number of rotatable bonds is 5. The number of unbranched alkanes of at least 4 members (excludes halogenated alkanes) is 1. The zero-order chi connectivity index (χ0) is 13.8. The Morgan fingerprint density at radius 2 is 2.00 bits per heavy atom. The fourth-order valence-corrected chi connectivity index (χ4v) is 2.43. The lowest BCUT2D eigenvalue weighted by molar-refractivity contribution is 0.758. The third kappa shape index (κ3) is 3.50. The summed E-state index contributed by atoms with van der Waals surface area (Å²) in [6.45, 7) is 7.21. The average Bonchev–Trinajstić information content (AvgIpc) is 2.82. The Bertz CT molecular complexity index is 550. The first-order valence-electron chi connectivity index (χ1n) is 6.59. The molecule has 0 unspecified atom stereocenters. The van der Waals surface area contributed by atoms with Crippen molar-refractivity contribution in [2.75, 3.05) is 18.5 Å². The highest BCUT2D eigenvalue weighted by Crippen LogP contribution is 2.21. The molecule has 0 radical (unpaired) electrons. The summed E-state index contributed by atoms with van der Waals surface area (Å²) in [7, 11) is 2.08. The Morgan fingerprint density at radius 3 is 2.63 bits per heavy atom. The van der Waals surface area contributed by atoms with Crippen LogP contribution in [0.4, 0.5) is 5.82 Å². The van der Waals surface area contributed by atoms with E-state index in [1.807, 2.05) is 25.3 Å². The van der Waals surface area contributed by atoms with Gasteiger partial charge in [-0.25, -0.2) is 15.0 Å². The number of aromatic nitrogens is 3. The summed E-state index contributed by atoms with van der Waals surface area (Å²) in [6.07, 6.45) is 2.36. The van der Waals surface area contributed by atoms with Gasteiger partial charge in [0.1, 0.15) is 11.5 Å². The van der Waals surface area contributed by atoms with Crippen molar-refractivity contribution < 1.29 is 0 Å². The maximum atomic E-state index is 4.63. The Hall–Kier alpha value is -1.49. The van der Waals surface area contributed by atoms with E-state index in [1.54, 1.807) is 11.3 Å². The van der Waals surface area contributed by atoms with Gasteiger partial charge in [0.25, 0.3) is 0 Å². The quantitative estimate of drug-likeness (QED) is 0.838. The predicted molar refractivity (Wildman–Crippen MR) is 80.8 cm³/mol. The molecule has 2 heterocycles. The van der Waals surface area contributed by atoms with Crippen LogP contribution in [0.3, 0.4) is 0 Å². The van der Waals surface area contributed by atoms with Crippen LogP contribution in [0, 0.1) is 13.8 Å². The van der Waals surface area contributed by atoms with Crippen molar-refractivity contribution >= 4 is 17.2 Å². The van der Waals surface area contributed by atoms with E-state index in [9.17, 15) is 0 Å². The molecule has 0 amide bonds. The van der Waals surface area contributed by atoms with Crippen molar-refractivity contribution in [2.45, 2.75) is 33.6 Å². The van der Waals surface area contributed by atoms with E-state index in [2.05, 4.69) is 33.8 Å². The van der Waals surface area contributed by atoms with Crippen molar-refractivity contribution in [2.24, 2.45) is 0 Å². The number of aryl methyl sites for hydroxylation is 2. The van der Waals surface area contributed by atoms with Gasteiger partial charge in [0.15, 0.2) is 5.82 Å². The van der Waals surface area contributed by atoms with Crippen LogP contribution < -0.4 is 4.90 Å².